The second-order valence-electron chi connectivity index (χ2n) is 9.24. The third-order valence-corrected chi connectivity index (χ3v) is 6.18. The second kappa shape index (κ2) is 28.0. The van der Waals surface area contributed by atoms with E-state index in [4.69, 9.17) is 4.74 Å². The molecule has 0 fully saturated rings. The van der Waals surface area contributed by atoms with Crippen LogP contribution in [0.1, 0.15) is 161 Å². The van der Waals surface area contributed by atoms with Gasteiger partial charge < -0.3 is 4.74 Å². The number of hydrogen-bond acceptors (Lipinski definition) is 1. The van der Waals surface area contributed by atoms with Crippen molar-refractivity contribution in [3.63, 3.8) is 0 Å². The summed E-state index contributed by atoms with van der Waals surface area (Å²) in [6.07, 6.45) is 33.8. The van der Waals surface area contributed by atoms with Crippen molar-refractivity contribution < 1.29 is 4.74 Å². The van der Waals surface area contributed by atoms with Gasteiger partial charge >= 0.3 is 0 Å². The Kier molecular flexibility index (Phi) is 27.9. The Labute approximate surface area is 186 Å². The summed E-state index contributed by atoms with van der Waals surface area (Å²) in [6, 6.07) is 0. The van der Waals surface area contributed by atoms with E-state index in [2.05, 4.69) is 13.8 Å². The first-order valence-corrected chi connectivity index (χ1v) is 13.8. The average Bonchev–Trinajstić information content (AvgIpc) is 2.74. The van der Waals surface area contributed by atoms with Gasteiger partial charge in [-0.1, -0.05) is 155 Å². The normalized spacial score (nSPS) is 11.4. The Morgan fingerprint density at radius 1 is 0.379 bits per heavy atom. The van der Waals surface area contributed by atoms with Crippen LogP contribution >= 0.6 is 0 Å². The topological polar surface area (TPSA) is 9.23 Å². The van der Waals surface area contributed by atoms with Crippen molar-refractivity contribution >= 4 is 0 Å². The fraction of sp³-hybridized carbons (Fsp3) is 0.964. The summed E-state index contributed by atoms with van der Waals surface area (Å²) >= 11 is 0. The molecule has 175 valence electrons. The smallest absolute Gasteiger partial charge is 0.0466 e. The van der Waals surface area contributed by atoms with Crippen LogP contribution in [-0.4, -0.2) is 13.2 Å². The lowest BCUT2D eigenvalue weighted by molar-refractivity contribution is 0.127. The lowest BCUT2D eigenvalue weighted by Gasteiger charge is -2.05. The third kappa shape index (κ3) is 28.0. The van der Waals surface area contributed by atoms with Gasteiger partial charge in [0.15, 0.2) is 0 Å². The predicted octanol–water partition coefficient (Wildman–Crippen LogP) is 10.2. The lowest BCUT2D eigenvalue weighted by Crippen LogP contribution is -1.96. The Morgan fingerprint density at radius 3 is 0.966 bits per heavy atom. The van der Waals surface area contributed by atoms with Crippen molar-refractivity contribution in [2.24, 2.45) is 0 Å². The van der Waals surface area contributed by atoms with Crippen LogP contribution in [0.4, 0.5) is 0 Å². The van der Waals surface area contributed by atoms with Gasteiger partial charge in [-0.2, -0.15) is 0 Å². The van der Waals surface area contributed by atoms with Gasteiger partial charge in [-0.15, -0.1) is 0 Å². The van der Waals surface area contributed by atoms with Crippen molar-refractivity contribution in [3.8, 4) is 0 Å². The maximum Gasteiger partial charge on any atom is 0.0466 e. The Balaban J connectivity index is 2.97. The molecule has 1 heteroatoms. The minimum Gasteiger partial charge on any atom is -0.381 e. The molecular formula is C28H57O. The average molecular weight is 410 g/mol. The Morgan fingerprint density at radius 2 is 0.655 bits per heavy atom. The molecule has 0 aromatic rings. The minimum absolute atomic E-state index is 0.967. The quantitative estimate of drug-likeness (QED) is 0.129. The number of hydrogen-bond donors (Lipinski definition) is 0. The van der Waals surface area contributed by atoms with Crippen LogP contribution in [0.3, 0.4) is 0 Å². The van der Waals surface area contributed by atoms with E-state index in [1.807, 2.05) is 0 Å². The zero-order valence-corrected chi connectivity index (χ0v) is 20.5. The van der Waals surface area contributed by atoms with Crippen molar-refractivity contribution in [2.45, 2.75) is 161 Å². The zero-order valence-electron chi connectivity index (χ0n) is 20.5. The Bertz CT molecular complexity index is 237. The molecule has 0 N–H and O–H groups in total. The highest BCUT2D eigenvalue weighted by atomic mass is 16.5. The summed E-state index contributed by atoms with van der Waals surface area (Å²) in [5.41, 5.74) is 0. The zero-order chi connectivity index (χ0) is 21.1. The molecule has 0 atom stereocenters. The van der Waals surface area contributed by atoms with Gasteiger partial charge in [0, 0.05) is 13.2 Å². The van der Waals surface area contributed by atoms with E-state index in [1.54, 1.807) is 0 Å². The minimum atomic E-state index is 0.967. The molecule has 0 aliphatic rings. The van der Waals surface area contributed by atoms with E-state index in [-0.39, 0.29) is 0 Å². The monoisotopic (exact) mass is 409 g/mol. The van der Waals surface area contributed by atoms with E-state index in [9.17, 15) is 0 Å². The highest BCUT2D eigenvalue weighted by molar-refractivity contribution is 4.51. The van der Waals surface area contributed by atoms with Gasteiger partial charge in [-0.05, 0) is 12.8 Å². The summed E-state index contributed by atoms with van der Waals surface area (Å²) in [5.74, 6) is 0. The van der Waals surface area contributed by atoms with E-state index in [1.165, 1.54) is 148 Å². The first-order valence-electron chi connectivity index (χ1n) is 13.8. The molecule has 29 heavy (non-hydrogen) atoms. The maximum atomic E-state index is 5.62. The van der Waals surface area contributed by atoms with Crippen LogP contribution in [0.15, 0.2) is 0 Å². The number of unbranched alkanes of at least 4 members (excludes halogenated alkanes) is 22. The van der Waals surface area contributed by atoms with Crippen LogP contribution in [0.25, 0.3) is 0 Å². The summed E-state index contributed by atoms with van der Waals surface area (Å²) in [4.78, 5) is 0. The summed E-state index contributed by atoms with van der Waals surface area (Å²) in [7, 11) is 0. The molecule has 0 aromatic heterocycles. The molecule has 0 bridgehead atoms. The Hall–Kier alpha value is -0.0400. The summed E-state index contributed by atoms with van der Waals surface area (Å²) in [6.45, 7) is 8.09. The molecule has 0 saturated heterocycles. The number of rotatable bonds is 26. The first kappa shape index (κ1) is 29.0. The molecule has 0 amide bonds. The number of ether oxygens (including phenoxy) is 1. The van der Waals surface area contributed by atoms with Gasteiger partial charge in [-0.25, -0.2) is 0 Å². The molecule has 0 unspecified atom stereocenters. The largest absolute Gasteiger partial charge is 0.381 e. The van der Waals surface area contributed by atoms with E-state index in [0.29, 0.717) is 0 Å². The van der Waals surface area contributed by atoms with Crippen LogP contribution < -0.4 is 0 Å². The summed E-state index contributed by atoms with van der Waals surface area (Å²) in [5, 5.41) is 0. The molecule has 0 aromatic carbocycles. The highest BCUT2D eigenvalue weighted by Crippen LogP contribution is 2.15. The van der Waals surface area contributed by atoms with Gasteiger partial charge in [0.05, 0.1) is 0 Å². The first-order chi connectivity index (χ1) is 14.4. The van der Waals surface area contributed by atoms with Crippen molar-refractivity contribution in [1.82, 2.24) is 0 Å². The van der Waals surface area contributed by atoms with Crippen LogP contribution in [-0.2, 0) is 4.74 Å². The molecule has 0 spiro atoms. The predicted molar refractivity (Wildman–Crippen MR) is 133 cm³/mol. The SMILES string of the molecule is [CH2]CCCCCCCCCCCCCCCCCCCCCCCOCCCC. The van der Waals surface area contributed by atoms with Gasteiger partial charge in [0.1, 0.15) is 0 Å². The molecule has 1 nitrogen and oxygen atoms in total. The van der Waals surface area contributed by atoms with Crippen LogP contribution in [0.5, 0.6) is 0 Å². The van der Waals surface area contributed by atoms with Crippen molar-refractivity contribution in [3.05, 3.63) is 6.92 Å². The molecule has 0 saturated carbocycles. The molecule has 0 aliphatic carbocycles. The van der Waals surface area contributed by atoms with Gasteiger partial charge in [0.25, 0.3) is 0 Å². The van der Waals surface area contributed by atoms with Crippen LogP contribution in [0, 0.1) is 6.92 Å². The third-order valence-electron chi connectivity index (χ3n) is 6.18. The fourth-order valence-electron chi connectivity index (χ4n) is 4.09. The maximum absolute atomic E-state index is 5.62. The van der Waals surface area contributed by atoms with E-state index < -0.39 is 0 Å². The fourth-order valence-corrected chi connectivity index (χ4v) is 4.09. The molecule has 0 heterocycles. The lowest BCUT2D eigenvalue weighted by atomic mass is 10.0. The second-order valence-corrected chi connectivity index (χ2v) is 9.24. The van der Waals surface area contributed by atoms with Crippen molar-refractivity contribution in [1.29, 1.82) is 0 Å². The summed E-state index contributed by atoms with van der Waals surface area (Å²) < 4.78 is 5.62. The molecule has 0 rings (SSSR count). The van der Waals surface area contributed by atoms with Crippen molar-refractivity contribution in [2.75, 3.05) is 13.2 Å². The standard InChI is InChI=1S/C28H57O/c1-3-5-7-8-9-10-11-12-13-14-15-16-17-18-19-20-21-22-23-24-25-26-28-29-27-6-4-2/h1,3-28H2,2H3. The van der Waals surface area contributed by atoms with Gasteiger partial charge in [0.2, 0.25) is 0 Å². The molecule has 0 aliphatic heterocycles. The molecule has 1 radical (unpaired) electrons. The van der Waals surface area contributed by atoms with Crippen LogP contribution in [0.2, 0.25) is 0 Å². The van der Waals surface area contributed by atoms with E-state index >= 15 is 0 Å². The molecular weight excluding hydrogens is 352 g/mol. The highest BCUT2D eigenvalue weighted by Gasteiger charge is 1.96. The van der Waals surface area contributed by atoms with Gasteiger partial charge in [-0.3, -0.25) is 0 Å². The van der Waals surface area contributed by atoms with E-state index in [0.717, 1.165) is 19.6 Å².